The molecule has 4 nitrogen and oxygen atoms in total. The molecule has 0 radical (unpaired) electrons. The molecule has 112 valence electrons. The Hall–Kier alpha value is -1.26. The smallest absolute Gasteiger partial charge is 0.239 e. The summed E-state index contributed by atoms with van der Waals surface area (Å²) in [5.41, 5.74) is 2.19. The van der Waals surface area contributed by atoms with Gasteiger partial charge in [-0.15, -0.1) is 0 Å². The zero-order valence-electron chi connectivity index (χ0n) is 12.5. The lowest BCUT2D eigenvalue weighted by atomic mass is 10.1. The zero-order valence-corrected chi connectivity index (χ0v) is 13.3. The van der Waals surface area contributed by atoms with Crippen LogP contribution in [0.15, 0.2) is 18.2 Å². The predicted octanol–water partition coefficient (Wildman–Crippen LogP) is 2.41. The van der Waals surface area contributed by atoms with Crippen LogP contribution in [0.5, 0.6) is 0 Å². The van der Waals surface area contributed by atoms with Crippen molar-refractivity contribution in [2.45, 2.75) is 26.8 Å². The Morgan fingerprint density at radius 3 is 2.70 bits per heavy atom. The van der Waals surface area contributed by atoms with Crippen LogP contribution in [0.4, 0.5) is 5.69 Å². The molecule has 0 fully saturated rings. The third kappa shape index (κ3) is 5.02. The maximum atomic E-state index is 11.7. The number of halogens is 1. The molecule has 1 rings (SSSR count). The van der Waals surface area contributed by atoms with Crippen molar-refractivity contribution in [2.24, 2.45) is 0 Å². The van der Waals surface area contributed by atoms with E-state index >= 15 is 0 Å². The molecule has 1 aromatic carbocycles. The highest BCUT2D eigenvalue weighted by Gasteiger charge is 2.14. The van der Waals surface area contributed by atoms with Crippen molar-refractivity contribution in [1.29, 1.82) is 0 Å². The minimum Gasteiger partial charge on any atom is -0.362 e. The number of anilines is 1. The number of likely N-dealkylation sites (N-methyl/N-ethyl adjacent to an activating group) is 1. The van der Waals surface area contributed by atoms with Crippen LogP contribution in [0, 0.1) is 0 Å². The molecule has 0 spiro atoms. The summed E-state index contributed by atoms with van der Waals surface area (Å²) in [7, 11) is 1.66. The first-order valence-electron chi connectivity index (χ1n) is 7.07. The summed E-state index contributed by atoms with van der Waals surface area (Å²) in [6.07, 6.45) is 0.976. The van der Waals surface area contributed by atoms with Crippen LogP contribution in [0.25, 0.3) is 0 Å². The van der Waals surface area contributed by atoms with E-state index in [-0.39, 0.29) is 5.91 Å². The third-order valence-corrected chi connectivity index (χ3v) is 3.30. The van der Waals surface area contributed by atoms with Crippen LogP contribution >= 0.6 is 11.6 Å². The molecule has 5 heteroatoms. The molecular weight excluding hydrogens is 274 g/mol. The van der Waals surface area contributed by atoms with Gasteiger partial charge in [-0.05, 0) is 30.7 Å². The number of nitrogens with zero attached hydrogens (tertiary/aromatic N) is 1. The Morgan fingerprint density at radius 1 is 1.35 bits per heavy atom. The van der Waals surface area contributed by atoms with E-state index in [0.717, 1.165) is 37.3 Å². The molecule has 0 atom stereocenters. The summed E-state index contributed by atoms with van der Waals surface area (Å²) in [5, 5.41) is 6.68. The van der Waals surface area contributed by atoms with Crippen LogP contribution in [-0.2, 0) is 11.3 Å². The van der Waals surface area contributed by atoms with Crippen molar-refractivity contribution >= 4 is 23.2 Å². The topological polar surface area (TPSA) is 44.4 Å². The van der Waals surface area contributed by atoms with Crippen molar-refractivity contribution in [3.8, 4) is 0 Å². The molecule has 0 saturated carbocycles. The highest BCUT2D eigenvalue weighted by molar-refractivity contribution is 6.30. The van der Waals surface area contributed by atoms with Crippen molar-refractivity contribution in [3.05, 3.63) is 28.8 Å². The molecule has 20 heavy (non-hydrogen) atoms. The quantitative estimate of drug-likeness (QED) is 0.774. The molecule has 0 aromatic heterocycles. The Morgan fingerprint density at radius 2 is 2.10 bits per heavy atom. The van der Waals surface area contributed by atoms with Gasteiger partial charge in [-0.1, -0.05) is 31.5 Å². The summed E-state index contributed by atoms with van der Waals surface area (Å²) in [4.78, 5) is 13.8. The minimum atomic E-state index is 0.00725. The lowest BCUT2D eigenvalue weighted by Gasteiger charge is -2.26. The van der Waals surface area contributed by atoms with Gasteiger partial charge in [0.1, 0.15) is 0 Å². The average molecular weight is 298 g/mol. The zero-order chi connectivity index (χ0) is 15.0. The summed E-state index contributed by atoms with van der Waals surface area (Å²) in [6, 6.07) is 5.85. The maximum Gasteiger partial charge on any atom is 0.239 e. The fraction of sp³-hybridized carbons (Fsp3) is 0.533. The second-order valence-corrected chi connectivity index (χ2v) is 5.08. The van der Waals surface area contributed by atoms with Crippen LogP contribution in [0.2, 0.25) is 5.02 Å². The van der Waals surface area contributed by atoms with Gasteiger partial charge < -0.3 is 15.5 Å². The van der Waals surface area contributed by atoms with E-state index in [1.807, 2.05) is 18.2 Å². The number of carbonyl (C=O) groups excluding carboxylic acids is 1. The Bertz CT molecular complexity index is 437. The lowest BCUT2D eigenvalue weighted by Crippen LogP contribution is -2.37. The molecule has 0 aliphatic heterocycles. The number of carbonyl (C=O) groups is 1. The highest BCUT2D eigenvalue weighted by Crippen LogP contribution is 2.25. The van der Waals surface area contributed by atoms with Crippen LogP contribution in [0.1, 0.15) is 25.8 Å². The summed E-state index contributed by atoms with van der Waals surface area (Å²) in [5.74, 6) is 0.00725. The number of amides is 1. The average Bonchev–Trinajstić information content (AvgIpc) is 2.45. The summed E-state index contributed by atoms with van der Waals surface area (Å²) < 4.78 is 0. The normalized spacial score (nSPS) is 10.4. The number of hydrogen-bond donors (Lipinski definition) is 2. The van der Waals surface area contributed by atoms with E-state index in [1.54, 1.807) is 7.05 Å². The van der Waals surface area contributed by atoms with Crippen molar-refractivity contribution in [3.63, 3.8) is 0 Å². The molecular formula is C15H24ClN3O. The first kappa shape index (κ1) is 16.8. The van der Waals surface area contributed by atoms with Gasteiger partial charge in [0.25, 0.3) is 0 Å². The Labute approximate surface area is 126 Å². The SMILES string of the molecule is CCCN(CC(=O)NC)c1cc(Cl)ccc1CNCC. The van der Waals surface area contributed by atoms with Gasteiger partial charge in [0.15, 0.2) is 0 Å². The maximum absolute atomic E-state index is 11.7. The van der Waals surface area contributed by atoms with Gasteiger partial charge in [0.05, 0.1) is 6.54 Å². The monoisotopic (exact) mass is 297 g/mol. The van der Waals surface area contributed by atoms with Crippen molar-refractivity contribution in [1.82, 2.24) is 10.6 Å². The third-order valence-electron chi connectivity index (χ3n) is 3.06. The lowest BCUT2D eigenvalue weighted by molar-refractivity contribution is -0.119. The molecule has 1 aromatic rings. The second kappa shape index (κ2) is 8.82. The number of benzene rings is 1. The predicted molar refractivity (Wildman–Crippen MR) is 85.4 cm³/mol. The van der Waals surface area contributed by atoms with Gasteiger partial charge in [0, 0.05) is 30.8 Å². The minimum absolute atomic E-state index is 0.00725. The largest absolute Gasteiger partial charge is 0.362 e. The molecule has 0 heterocycles. The second-order valence-electron chi connectivity index (χ2n) is 4.65. The van der Waals surface area contributed by atoms with Crippen molar-refractivity contribution in [2.75, 3.05) is 31.6 Å². The standard InChI is InChI=1S/C15H24ClN3O/c1-4-8-19(11-15(20)17-3)14-9-13(16)7-6-12(14)10-18-5-2/h6-7,9,18H,4-5,8,10-11H2,1-3H3,(H,17,20). The summed E-state index contributed by atoms with van der Waals surface area (Å²) in [6.45, 7) is 7.04. The van der Waals surface area contributed by atoms with Gasteiger partial charge in [0.2, 0.25) is 5.91 Å². The van der Waals surface area contributed by atoms with E-state index < -0.39 is 0 Å². The molecule has 0 aliphatic rings. The number of nitrogens with one attached hydrogen (secondary N) is 2. The molecule has 0 bridgehead atoms. The van der Waals surface area contributed by atoms with Crippen LogP contribution in [0.3, 0.4) is 0 Å². The number of rotatable bonds is 8. The first-order valence-corrected chi connectivity index (χ1v) is 7.44. The van der Waals surface area contributed by atoms with E-state index in [9.17, 15) is 4.79 Å². The number of hydrogen-bond acceptors (Lipinski definition) is 3. The van der Waals surface area contributed by atoms with Gasteiger partial charge >= 0.3 is 0 Å². The van der Waals surface area contributed by atoms with E-state index in [2.05, 4.69) is 29.4 Å². The Kier molecular flexibility index (Phi) is 7.41. The van der Waals surface area contributed by atoms with Crippen LogP contribution < -0.4 is 15.5 Å². The first-order chi connectivity index (χ1) is 9.62. The molecule has 1 amide bonds. The van der Waals surface area contributed by atoms with Gasteiger partial charge in [-0.3, -0.25) is 4.79 Å². The van der Waals surface area contributed by atoms with E-state index in [4.69, 9.17) is 11.6 Å². The van der Waals surface area contributed by atoms with Gasteiger partial charge in [-0.25, -0.2) is 0 Å². The highest BCUT2D eigenvalue weighted by atomic mass is 35.5. The fourth-order valence-electron chi connectivity index (χ4n) is 2.05. The van der Waals surface area contributed by atoms with Gasteiger partial charge in [-0.2, -0.15) is 0 Å². The Balaban J connectivity index is 3.02. The van der Waals surface area contributed by atoms with E-state index in [0.29, 0.717) is 11.6 Å². The van der Waals surface area contributed by atoms with E-state index in [1.165, 1.54) is 0 Å². The molecule has 0 saturated heterocycles. The molecule has 0 aliphatic carbocycles. The van der Waals surface area contributed by atoms with Crippen molar-refractivity contribution < 1.29 is 4.79 Å². The summed E-state index contributed by atoms with van der Waals surface area (Å²) >= 11 is 6.12. The van der Waals surface area contributed by atoms with Crippen LogP contribution in [-0.4, -0.2) is 32.6 Å². The molecule has 2 N–H and O–H groups in total. The fourth-order valence-corrected chi connectivity index (χ4v) is 2.21. The molecule has 0 unspecified atom stereocenters.